The average molecular weight is 478 g/mol. The Labute approximate surface area is 204 Å². The highest BCUT2D eigenvalue weighted by atomic mass is 32.1. The second-order valence-electron chi connectivity index (χ2n) is 7.41. The first-order valence-corrected chi connectivity index (χ1v) is 11.3. The molecule has 176 valence electrons. The standard InChI is InChI=1S/C26H27N3O4S/c1-3-4-10-24(30)28-21-14-11-19(17-23(21)32-2)27-26(34)29-25(31)16-13-20-12-15-22(33-20)18-8-6-5-7-9-18/h5-9,11-17H,3-4,10H2,1-2H3,(H,28,30)(H2,27,29,31,34)/b16-13+. The van der Waals surface area contributed by atoms with E-state index in [9.17, 15) is 9.59 Å². The molecule has 3 rings (SSSR count). The van der Waals surface area contributed by atoms with Crippen LogP contribution in [0.1, 0.15) is 31.9 Å². The van der Waals surface area contributed by atoms with Crippen LogP contribution < -0.4 is 20.7 Å². The lowest BCUT2D eigenvalue weighted by atomic mass is 10.2. The number of carbonyl (C=O) groups excluding carboxylic acids is 2. The SMILES string of the molecule is CCCCC(=O)Nc1ccc(NC(=S)NC(=O)/C=C/c2ccc(-c3ccccc3)o2)cc1OC. The van der Waals surface area contributed by atoms with Gasteiger partial charge in [0, 0.05) is 29.8 Å². The lowest BCUT2D eigenvalue weighted by Crippen LogP contribution is -2.32. The summed E-state index contributed by atoms with van der Waals surface area (Å²) >= 11 is 5.23. The van der Waals surface area contributed by atoms with Gasteiger partial charge in [0.2, 0.25) is 11.8 Å². The predicted octanol–water partition coefficient (Wildman–Crippen LogP) is 5.61. The Balaban J connectivity index is 1.54. The minimum atomic E-state index is -0.401. The fourth-order valence-electron chi connectivity index (χ4n) is 3.10. The van der Waals surface area contributed by atoms with Crippen molar-refractivity contribution >= 4 is 46.6 Å². The Morgan fingerprint density at radius 2 is 1.85 bits per heavy atom. The van der Waals surface area contributed by atoms with Crippen molar-refractivity contribution in [2.75, 3.05) is 17.7 Å². The van der Waals surface area contributed by atoms with Crippen LogP contribution in [-0.2, 0) is 9.59 Å². The summed E-state index contributed by atoms with van der Waals surface area (Å²) < 4.78 is 11.1. The maximum Gasteiger partial charge on any atom is 0.250 e. The number of anilines is 2. The van der Waals surface area contributed by atoms with Crippen LogP contribution in [-0.4, -0.2) is 24.0 Å². The second-order valence-corrected chi connectivity index (χ2v) is 7.82. The third kappa shape index (κ3) is 7.31. The third-order valence-corrected chi connectivity index (χ3v) is 5.02. The first-order chi connectivity index (χ1) is 16.5. The van der Waals surface area contributed by atoms with Crippen LogP contribution in [0, 0.1) is 0 Å². The molecule has 2 aromatic carbocycles. The number of carbonyl (C=O) groups is 2. The number of hydrogen-bond acceptors (Lipinski definition) is 5. The molecule has 0 atom stereocenters. The summed E-state index contributed by atoms with van der Waals surface area (Å²) in [4.78, 5) is 24.2. The lowest BCUT2D eigenvalue weighted by Gasteiger charge is -2.13. The molecule has 0 radical (unpaired) electrons. The minimum Gasteiger partial charge on any atom is -0.494 e. The molecule has 3 aromatic rings. The number of amides is 2. The molecule has 0 aliphatic heterocycles. The Kier molecular flexibility index (Phi) is 8.99. The first kappa shape index (κ1) is 24.7. The van der Waals surface area contributed by atoms with Crippen molar-refractivity contribution in [1.82, 2.24) is 5.32 Å². The number of hydrogen-bond donors (Lipinski definition) is 3. The number of thiocarbonyl (C=S) groups is 1. The van der Waals surface area contributed by atoms with E-state index in [4.69, 9.17) is 21.4 Å². The molecule has 0 aliphatic rings. The molecule has 3 N–H and O–H groups in total. The number of unbranched alkanes of at least 4 members (excludes halogenated alkanes) is 1. The smallest absolute Gasteiger partial charge is 0.250 e. The summed E-state index contributed by atoms with van der Waals surface area (Å²) in [5.74, 6) is 1.28. The number of furan rings is 1. The van der Waals surface area contributed by atoms with Crippen LogP contribution in [0.4, 0.5) is 11.4 Å². The van der Waals surface area contributed by atoms with E-state index in [-0.39, 0.29) is 11.0 Å². The molecule has 0 saturated carbocycles. The van der Waals surface area contributed by atoms with Crippen LogP contribution in [0.5, 0.6) is 5.75 Å². The molecular weight excluding hydrogens is 450 g/mol. The molecule has 0 spiro atoms. The van der Waals surface area contributed by atoms with Crippen LogP contribution >= 0.6 is 12.2 Å². The molecule has 0 aliphatic carbocycles. The van der Waals surface area contributed by atoms with E-state index in [1.54, 1.807) is 30.3 Å². The zero-order chi connectivity index (χ0) is 24.3. The van der Waals surface area contributed by atoms with E-state index in [2.05, 4.69) is 16.0 Å². The lowest BCUT2D eigenvalue weighted by molar-refractivity contribution is -0.116. The highest BCUT2D eigenvalue weighted by Gasteiger charge is 2.10. The Morgan fingerprint density at radius 3 is 2.59 bits per heavy atom. The highest BCUT2D eigenvalue weighted by Crippen LogP contribution is 2.28. The molecule has 1 heterocycles. The molecule has 0 saturated heterocycles. The third-order valence-electron chi connectivity index (χ3n) is 4.81. The molecule has 7 nitrogen and oxygen atoms in total. The second kappa shape index (κ2) is 12.4. The molecule has 0 bridgehead atoms. The van der Waals surface area contributed by atoms with Gasteiger partial charge >= 0.3 is 0 Å². The number of rotatable bonds is 9. The highest BCUT2D eigenvalue weighted by molar-refractivity contribution is 7.80. The van der Waals surface area contributed by atoms with E-state index in [1.807, 2.05) is 43.3 Å². The van der Waals surface area contributed by atoms with Gasteiger partial charge in [-0.1, -0.05) is 43.7 Å². The van der Waals surface area contributed by atoms with Crippen molar-refractivity contribution in [3.05, 3.63) is 72.5 Å². The molecule has 34 heavy (non-hydrogen) atoms. The van der Waals surface area contributed by atoms with Crippen LogP contribution in [0.2, 0.25) is 0 Å². The molecule has 1 aromatic heterocycles. The van der Waals surface area contributed by atoms with Crippen molar-refractivity contribution < 1.29 is 18.7 Å². The summed E-state index contributed by atoms with van der Waals surface area (Å²) in [6, 6.07) is 18.5. The zero-order valence-electron chi connectivity index (χ0n) is 19.1. The fraction of sp³-hybridized carbons (Fsp3) is 0.192. The quantitative estimate of drug-likeness (QED) is 0.274. The largest absolute Gasteiger partial charge is 0.494 e. The topological polar surface area (TPSA) is 92.6 Å². The molecule has 2 amide bonds. The number of nitrogens with one attached hydrogen (secondary N) is 3. The van der Waals surface area contributed by atoms with Gasteiger partial charge in [0.05, 0.1) is 12.8 Å². The maximum atomic E-state index is 12.2. The van der Waals surface area contributed by atoms with Gasteiger partial charge < -0.3 is 19.8 Å². The van der Waals surface area contributed by atoms with Crippen LogP contribution in [0.3, 0.4) is 0 Å². The Hall–Kier alpha value is -3.91. The normalized spacial score (nSPS) is 10.6. The van der Waals surface area contributed by atoms with E-state index in [0.29, 0.717) is 29.3 Å². The Bertz CT molecular complexity index is 1170. The van der Waals surface area contributed by atoms with E-state index < -0.39 is 5.91 Å². The molecular formula is C26H27N3O4S. The molecule has 0 unspecified atom stereocenters. The van der Waals surface area contributed by atoms with Gasteiger partial charge in [0.15, 0.2) is 5.11 Å². The fourth-order valence-corrected chi connectivity index (χ4v) is 3.31. The zero-order valence-corrected chi connectivity index (χ0v) is 19.9. The number of ether oxygens (including phenoxy) is 1. The van der Waals surface area contributed by atoms with Gasteiger partial charge in [0.1, 0.15) is 17.3 Å². The van der Waals surface area contributed by atoms with Crippen molar-refractivity contribution in [3.63, 3.8) is 0 Å². The summed E-state index contributed by atoms with van der Waals surface area (Å²) in [5.41, 5.74) is 2.13. The first-order valence-electron chi connectivity index (χ1n) is 10.9. The van der Waals surface area contributed by atoms with Crippen LogP contribution in [0.25, 0.3) is 17.4 Å². The predicted molar refractivity (Wildman–Crippen MR) is 139 cm³/mol. The van der Waals surface area contributed by atoms with Gasteiger partial charge in [-0.15, -0.1) is 0 Å². The molecule has 8 heteroatoms. The summed E-state index contributed by atoms with van der Waals surface area (Å²) in [6.07, 6.45) is 5.14. The van der Waals surface area contributed by atoms with E-state index in [1.165, 1.54) is 13.2 Å². The molecule has 0 fully saturated rings. The van der Waals surface area contributed by atoms with Crippen molar-refractivity contribution in [2.45, 2.75) is 26.2 Å². The summed E-state index contributed by atoms with van der Waals surface area (Å²) in [7, 11) is 1.52. The van der Waals surface area contributed by atoms with Gasteiger partial charge in [-0.05, 0) is 49.0 Å². The van der Waals surface area contributed by atoms with Crippen molar-refractivity contribution in [3.8, 4) is 17.1 Å². The monoisotopic (exact) mass is 477 g/mol. The number of benzene rings is 2. The average Bonchev–Trinajstić information content (AvgIpc) is 3.32. The van der Waals surface area contributed by atoms with Crippen molar-refractivity contribution in [1.29, 1.82) is 0 Å². The summed E-state index contributed by atoms with van der Waals surface area (Å²) in [5, 5.41) is 8.49. The summed E-state index contributed by atoms with van der Waals surface area (Å²) in [6.45, 7) is 2.03. The van der Waals surface area contributed by atoms with Gasteiger partial charge in [-0.3, -0.25) is 14.9 Å². The maximum absolute atomic E-state index is 12.2. The minimum absolute atomic E-state index is 0.0668. The number of methoxy groups -OCH3 is 1. The Morgan fingerprint density at radius 1 is 1.06 bits per heavy atom. The van der Waals surface area contributed by atoms with E-state index in [0.717, 1.165) is 24.2 Å². The van der Waals surface area contributed by atoms with Crippen molar-refractivity contribution in [2.24, 2.45) is 0 Å². The van der Waals surface area contributed by atoms with Gasteiger partial charge in [-0.25, -0.2) is 0 Å². The van der Waals surface area contributed by atoms with Crippen LogP contribution in [0.15, 0.2) is 71.2 Å². The van der Waals surface area contributed by atoms with Gasteiger partial charge in [-0.2, -0.15) is 0 Å². The van der Waals surface area contributed by atoms with Gasteiger partial charge in [0.25, 0.3) is 0 Å². The van der Waals surface area contributed by atoms with E-state index >= 15 is 0 Å².